The molecule has 0 spiro atoms. The van der Waals surface area contributed by atoms with E-state index in [4.69, 9.17) is 4.74 Å². The van der Waals surface area contributed by atoms with E-state index in [2.05, 4.69) is 20.2 Å². The van der Waals surface area contributed by atoms with Crippen LogP contribution >= 0.6 is 0 Å². The molecule has 0 saturated carbocycles. The SMILES string of the molecule is CCNCc1cn[nH]c1S(=O)(=O)NC(COCC)C(C)C. The Labute approximate surface area is 126 Å². The average molecular weight is 318 g/mol. The topological polar surface area (TPSA) is 96.1 Å². The van der Waals surface area contributed by atoms with Crippen molar-refractivity contribution < 1.29 is 13.2 Å². The van der Waals surface area contributed by atoms with Gasteiger partial charge in [-0.25, -0.2) is 13.1 Å². The highest BCUT2D eigenvalue weighted by Crippen LogP contribution is 2.14. The van der Waals surface area contributed by atoms with Gasteiger partial charge in [0.1, 0.15) is 0 Å². The molecule has 3 N–H and O–H groups in total. The van der Waals surface area contributed by atoms with E-state index in [1.807, 2.05) is 27.7 Å². The Morgan fingerprint density at radius 2 is 2.10 bits per heavy atom. The standard InChI is InChI=1S/C13H26N4O3S/c1-5-14-7-11-8-15-16-13(11)21(18,19)17-12(10(3)4)9-20-6-2/h8,10,12,14,17H,5-7,9H2,1-4H3,(H,15,16). The van der Waals surface area contributed by atoms with E-state index in [0.717, 1.165) is 6.54 Å². The van der Waals surface area contributed by atoms with Gasteiger partial charge < -0.3 is 10.1 Å². The fourth-order valence-corrected chi connectivity index (χ4v) is 3.28. The van der Waals surface area contributed by atoms with E-state index < -0.39 is 10.0 Å². The minimum Gasteiger partial charge on any atom is -0.380 e. The number of ether oxygens (including phenoxy) is 1. The molecule has 0 fully saturated rings. The number of rotatable bonds is 10. The minimum absolute atomic E-state index is 0.116. The molecule has 0 radical (unpaired) electrons. The van der Waals surface area contributed by atoms with Crippen LogP contribution in [-0.4, -0.2) is 44.4 Å². The summed E-state index contributed by atoms with van der Waals surface area (Å²) in [5.74, 6) is 0.131. The van der Waals surface area contributed by atoms with Gasteiger partial charge >= 0.3 is 0 Å². The lowest BCUT2D eigenvalue weighted by atomic mass is 10.1. The van der Waals surface area contributed by atoms with Crippen molar-refractivity contribution in [1.29, 1.82) is 0 Å². The number of aromatic amines is 1. The normalized spacial score (nSPS) is 13.8. The lowest BCUT2D eigenvalue weighted by molar-refractivity contribution is 0.116. The third-order valence-corrected chi connectivity index (χ3v) is 4.63. The third-order valence-electron chi connectivity index (χ3n) is 3.13. The maximum atomic E-state index is 12.5. The highest BCUT2D eigenvalue weighted by molar-refractivity contribution is 7.89. The van der Waals surface area contributed by atoms with Gasteiger partial charge in [0.2, 0.25) is 0 Å². The summed E-state index contributed by atoms with van der Waals surface area (Å²) in [5.41, 5.74) is 0.628. The van der Waals surface area contributed by atoms with E-state index in [-0.39, 0.29) is 17.0 Å². The average Bonchev–Trinajstić information content (AvgIpc) is 2.90. The van der Waals surface area contributed by atoms with Crippen LogP contribution in [-0.2, 0) is 21.3 Å². The zero-order valence-electron chi connectivity index (χ0n) is 13.1. The first-order valence-corrected chi connectivity index (χ1v) is 8.73. The molecule has 21 heavy (non-hydrogen) atoms. The molecule has 8 heteroatoms. The molecule has 7 nitrogen and oxygen atoms in total. The highest BCUT2D eigenvalue weighted by atomic mass is 32.2. The summed E-state index contributed by atoms with van der Waals surface area (Å²) in [7, 11) is -3.64. The number of aromatic nitrogens is 2. The molecule has 1 heterocycles. The second-order valence-corrected chi connectivity index (χ2v) is 6.79. The molecule has 1 atom stereocenters. The van der Waals surface area contributed by atoms with Gasteiger partial charge in [0.25, 0.3) is 10.0 Å². The molecular weight excluding hydrogens is 292 g/mol. The summed E-state index contributed by atoms with van der Waals surface area (Å²) >= 11 is 0. The molecule has 1 unspecified atom stereocenters. The van der Waals surface area contributed by atoms with Crippen molar-refractivity contribution in [2.24, 2.45) is 5.92 Å². The monoisotopic (exact) mass is 318 g/mol. The lowest BCUT2D eigenvalue weighted by Crippen LogP contribution is -2.42. The quantitative estimate of drug-likeness (QED) is 0.594. The molecule has 0 aliphatic heterocycles. The maximum Gasteiger partial charge on any atom is 0.258 e. The van der Waals surface area contributed by atoms with Gasteiger partial charge in [-0.3, -0.25) is 5.10 Å². The van der Waals surface area contributed by atoms with Crippen molar-refractivity contribution in [3.05, 3.63) is 11.8 Å². The molecule has 1 rings (SSSR count). The number of sulfonamides is 1. The molecule has 0 amide bonds. The molecule has 1 aromatic rings. The molecule has 0 aromatic carbocycles. The largest absolute Gasteiger partial charge is 0.380 e. The van der Waals surface area contributed by atoms with Crippen molar-refractivity contribution in [1.82, 2.24) is 20.2 Å². The van der Waals surface area contributed by atoms with Crippen molar-refractivity contribution in [2.45, 2.75) is 45.3 Å². The van der Waals surface area contributed by atoms with E-state index in [1.165, 1.54) is 6.20 Å². The Morgan fingerprint density at radius 1 is 1.38 bits per heavy atom. The van der Waals surface area contributed by atoms with Crippen LogP contribution in [0.15, 0.2) is 11.2 Å². The van der Waals surface area contributed by atoms with Crippen molar-refractivity contribution in [3.8, 4) is 0 Å². The summed E-state index contributed by atoms with van der Waals surface area (Å²) in [6.07, 6.45) is 1.53. The minimum atomic E-state index is -3.64. The van der Waals surface area contributed by atoms with Gasteiger partial charge in [0.15, 0.2) is 5.03 Å². The predicted molar refractivity (Wildman–Crippen MR) is 81.4 cm³/mol. The van der Waals surface area contributed by atoms with Crippen LogP contribution in [0, 0.1) is 5.92 Å². The third kappa shape index (κ3) is 5.39. The van der Waals surface area contributed by atoms with Crippen molar-refractivity contribution in [2.75, 3.05) is 19.8 Å². The van der Waals surface area contributed by atoms with Crippen molar-refractivity contribution >= 4 is 10.0 Å². The van der Waals surface area contributed by atoms with Gasteiger partial charge in [-0.15, -0.1) is 0 Å². The number of hydrogen-bond donors (Lipinski definition) is 3. The molecule has 0 aliphatic carbocycles. The van der Waals surface area contributed by atoms with Gasteiger partial charge in [-0.1, -0.05) is 20.8 Å². The van der Waals surface area contributed by atoms with Crippen LogP contribution in [0.3, 0.4) is 0 Å². The summed E-state index contributed by atoms with van der Waals surface area (Å²) in [6.45, 7) is 9.89. The lowest BCUT2D eigenvalue weighted by Gasteiger charge is -2.21. The highest BCUT2D eigenvalue weighted by Gasteiger charge is 2.26. The van der Waals surface area contributed by atoms with Crippen molar-refractivity contribution in [3.63, 3.8) is 0 Å². The summed E-state index contributed by atoms with van der Waals surface area (Å²) in [5, 5.41) is 9.63. The van der Waals surface area contributed by atoms with Crippen LogP contribution < -0.4 is 10.0 Å². The molecule has 122 valence electrons. The van der Waals surface area contributed by atoms with E-state index in [0.29, 0.717) is 25.3 Å². The fourth-order valence-electron chi connectivity index (χ4n) is 1.78. The first-order chi connectivity index (χ1) is 9.92. The Bertz CT molecular complexity index is 513. The first kappa shape index (κ1) is 18.1. The van der Waals surface area contributed by atoms with Gasteiger partial charge in [-0.05, 0) is 19.4 Å². The molecular formula is C13H26N4O3S. The number of nitrogens with zero attached hydrogens (tertiary/aromatic N) is 1. The number of hydrogen-bond acceptors (Lipinski definition) is 5. The Kier molecular flexibility index (Phi) is 7.30. The smallest absolute Gasteiger partial charge is 0.258 e. The predicted octanol–water partition coefficient (Wildman–Crippen LogP) is 0.859. The van der Waals surface area contributed by atoms with E-state index in [1.54, 1.807) is 0 Å². The van der Waals surface area contributed by atoms with Crippen LogP contribution in [0.1, 0.15) is 33.3 Å². The molecule has 0 aliphatic rings. The maximum absolute atomic E-state index is 12.5. The van der Waals surface area contributed by atoms with Crippen LogP contribution in [0.25, 0.3) is 0 Å². The summed E-state index contributed by atoms with van der Waals surface area (Å²) in [6, 6.07) is -0.273. The summed E-state index contributed by atoms with van der Waals surface area (Å²) in [4.78, 5) is 0. The molecule has 1 aromatic heterocycles. The first-order valence-electron chi connectivity index (χ1n) is 7.25. The zero-order chi connectivity index (χ0) is 15.9. The summed E-state index contributed by atoms with van der Waals surface area (Å²) < 4.78 is 33.0. The van der Waals surface area contributed by atoms with Gasteiger partial charge in [0.05, 0.1) is 12.8 Å². The second kappa shape index (κ2) is 8.47. The second-order valence-electron chi connectivity index (χ2n) is 5.14. The van der Waals surface area contributed by atoms with E-state index in [9.17, 15) is 8.42 Å². The van der Waals surface area contributed by atoms with E-state index >= 15 is 0 Å². The van der Waals surface area contributed by atoms with Crippen LogP contribution in [0.5, 0.6) is 0 Å². The van der Waals surface area contributed by atoms with Crippen LogP contribution in [0.2, 0.25) is 0 Å². The molecule has 0 saturated heterocycles. The Balaban J connectivity index is 2.86. The van der Waals surface area contributed by atoms with Gasteiger partial charge in [-0.2, -0.15) is 5.10 Å². The van der Waals surface area contributed by atoms with Crippen LogP contribution in [0.4, 0.5) is 0 Å². The zero-order valence-corrected chi connectivity index (χ0v) is 14.0. The fraction of sp³-hybridized carbons (Fsp3) is 0.769. The van der Waals surface area contributed by atoms with Gasteiger partial charge in [0, 0.05) is 24.8 Å². The number of H-pyrrole nitrogens is 1. The Morgan fingerprint density at radius 3 is 2.67 bits per heavy atom. The molecule has 0 bridgehead atoms. The Hall–Kier alpha value is -0.960. The number of nitrogens with one attached hydrogen (secondary N) is 3.